The molecule has 0 aromatic carbocycles. The molecule has 118 valence electrons. The van der Waals surface area contributed by atoms with E-state index < -0.39 is 0 Å². The zero-order chi connectivity index (χ0) is 14.9. The van der Waals surface area contributed by atoms with Crippen molar-refractivity contribution in [3.05, 3.63) is 26.6 Å². The summed E-state index contributed by atoms with van der Waals surface area (Å²) < 4.78 is 0. The van der Waals surface area contributed by atoms with Gasteiger partial charge in [-0.3, -0.25) is 4.79 Å². The number of fused-ring (bicyclic) bond motifs is 3. The van der Waals surface area contributed by atoms with E-state index in [1.54, 1.807) is 11.3 Å². The number of aryl methyl sites for hydroxylation is 2. The normalized spacial score (nSPS) is 19.5. The van der Waals surface area contributed by atoms with Crippen LogP contribution in [0.5, 0.6) is 0 Å². The summed E-state index contributed by atoms with van der Waals surface area (Å²) in [6.07, 6.45) is 11.1. The van der Waals surface area contributed by atoms with Crippen LogP contribution < -0.4 is 10.9 Å². The number of hydrogen-bond donors (Lipinski definition) is 2. The van der Waals surface area contributed by atoms with Crippen LogP contribution in [0.4, 0.5) is 0 Å². The Balaban J connectivity index is 1.58. The Morgan fingerprint density at radius 2 is 1.95 bits per heavy atom. The van der Waals surface area contributed by atoms with Gasteiger partial charge in [0.2, 0.25) is 0 Å². The summed E-state index contributed by atoms with van der Waals surface area (Å²) in [4.78, 5) is 22.5. The van der Waals surface area contributed by atoms with Crippen LogP contribution in [0.3, 0.4) is 0 Å². The van der Waals surface area contributed by atoms with E-state index in [0.717, 1.165) is 28.9 Å². The molecule has 0 aliphatic heterocycles. The number of H-pyrrole nitrogens is 1. The Morgan fingerprint density at radius 1 is 1.14 bits per heavy atom. The van der Waals surface area contributed by atoms with Gasteiger partial charge in [-0.2, -0.15) is 0 Å². The summed E-state index contributed by atoms with van der Waals surface area (Å²) in [6.45, 7) is 0.679. The lowest BCUT2D eigenvalue weighted by molar-refractivity contribution is 0.369. The predicted octanol–water partition coefficient (Wildman–Crippen LogP) is 3.29. The van der Waals surface area contributed by atoms with E-state index in [1.807, 2.05) is 0 Å². The van der Waals surface area contributed by atoms with Crippen LogP contribution in [0.25, 0.3) is 10.2 Å². The molecule has 0 spiro atoms. The number of thiophene rings is 1. The van der Waals surface area contributed by atoms with Crippen molar-refractivity contribution < 1.29 is 0 Å². The molecule has 2 aliphatic carbocycles. The minimum Gasteiger partial charge on any atom is -0.309 e. The van der Waals surface area contributed by atoms with Crippen molar-refractivity contribution in [1.29, 1.82) is 0 Å². The first-order chi connectivity index (χ1) is 10.8. The molecular weight excluding hydrogens is 294 g/mol. The molecule has 2 aliphatic rings. The largest absolute Gasteiger partial charge is 0.309 e. The molecule has 4 rings (SSSR count). The van der Waals surface area contributed by atoms with E-state index in [9.17, 15) is 4.79 Å². The molecule has 2 heterocycles. The van der Waals surface area contributed by atoms with Gasteiger partial charge in [-0.25, -0.2) is 4.98 Å². The first kappa shape index (κ1) is 14.4. The highest BCUT2D eigenvalue weighted by Gasteiger charge is 2.20. The van der Waals surface area contributed by atoms with Gasteiger partial charge in [-0.15, -0.1) is 11.3 Å². The van der Waals surface area contributed by atoms with Gasteiger partial charge >= 0.3 is 0 Å². The number of nitrogens with one attached hydrogen (secondary N) is 2. The summed E-state index contributed by atoms with van der Waals surface area (Å²) >= 11 is 1.73. The molecule has 0 saturated heterocycles. The summed E-state index contributed by atoms with van der Waals surface area (Å²) in [5.41, 5.74) is 1.33. The second-order valence-corrected chi connectivity index (χ2v) is 7.70. The fourth-order valence-electron chi connectivity index (χ4n) is 3.84. The summed E-state index contributed by atoms with van der Waals surface area (Å²) in [7, 11) is 0. The van der Waals surface area contributed by atoms with Crippen molar-refractivity contribution in [2.45, 2.75) is 70.4 Å². The van der Waals surface area contributed by atoms with Crippen molar-refractivity contribution in [1.82, 2.24) is 15.3 Å². The van der Waals surface area contributed by atoms with Gasteiger partial charge in [0.15, 0.2) is 0 Å². The van der Waals surface area contributed by atoms with Crippen LogP contribution in [-0.2, 0) is 19.4 Å². The highest BCUT2D eigenvalue weighted by Crippen LogP contribution is 2.33. The Labute approximate surface area is 134 Å². The van der Waals surface area contributed by atoms with Crippen LogP contribution in [0, 0.1) is 0 Å². The Hall–Kier alpha value is -1.20. The zero-order valence-electron chi connectivity index (χ0n) is 12.9. The molecule has 0 atom stereocenters. The molecule has 1 saturated carbocycles. The first-order valence-corrected chi connectivity index (χ1v) is 9.40. The van der Waals surface area contributed by atoms with E-state index in [-0.39, 0.29) is 5.56 Å². The highest BCUT2D eigenvalue weighted by atomic mass is 32.1. The van der Waals surface area contributed by atoms with E-state index >= 15 is 0 Å². The number of aromatic nitrogens is 2. The van der Waals surface area contributed by atoms with E-state index in [2.05, 4.69) is 10.3 Å². The van der Waals surface area contributed by atoms with Crippen molar-refractivity contribution >= 4 is 21.6 Å². The molecular formula is C17H23N3OS. The lowest BCUT2D eigenvalue weighted by Gasteiger charge is -2.22. The lowest BCUT2D eigenvalue weighted by Crippen LogP contribution is -2.31. The minimum absolute atomic E-state index is 0.0600. The van der Waals surface area contributed by atoms with Crippen LogP contribution in [0.15, 0.2) is 4.79 Å². The molecule has 2 aromatic heterocycles. The van der Waals surface area contributed by atoms with Gasteiger partial charge in [0.1, 0.15) is 10.7 Å². The van der Waals surface area contributed by atoms with Gasteiger partial charge in [0, 0.05) is 10.9 Å². The van der Waals surface area contributed by atoms with Crippen LogP contribution in [-0.4, -0.2) is 16.0 Å². The Bertz CT molecular complexity index is 727. The molecule has 22 heavy (non-hydrogen) atoms. The SMILES string of the molecule is O=c1[nH]c(CNC2CCCCC2)nc2sc3c(c12)CCCC3. The minimum atomic E-state index is 0.0600. The van der Waals surface area contributed by atoms with Crippen molar-refractivity contribution in [2.75, 3.05) is 0 Å². The second-order valence-electron chi connectivity index (χ2n) is 6.62. The topological polar surface area (TPSA) is 57.8 Å². The average Bonchev–Trinajstić information content (AvgIpc) is 2.92. The van der Waals surface area contributed by atoms with Gasteiger partial charge in [0.05, 0.1) is 11.9 Å². The smallest absolute Gasteiger partial charge is 0.259 e. The Morgan fingerprint density at radius 3 is 2.82 bits per heavy atom. The second kappa shape index (κ2) is 6.13. The van der Waals surface area contributed by atoms with Gasteiger partial charge in [0.25, 0.3) is 5.56 Å². The van der Waals surface area contributed by atoms with E-state index in [1.165, 1.54) is 55.4 Å². The number of nitrogens with zero attached hydrogens (tertiary/aromatic N) is 1. The molecule has 0 radical (unpaired) electrons. The first-order valence-electron chi connectivity index (χ1n) is 8.58. The maximum atomic E-state index is 12.5. The summed E-state index contributed by atoms with van der Waals surface area (Å²) in [6, 6.07) is 0.589. The molecule has 0 bridgehead atoms. The van der Waals surface area contributed by atoms with Gasteiger partial charge < -0.3 is 10.3 Å². The Kier molecular flexibility index (Phi) is 4.01. The van der Waals surface area contributed by atoms with Crippen LogP contribution in [0.2, 0.25) is 0 Å². The fourth-order valence-corrected chi connectivity index (χ4v) is 5.12. The molecule has 2 aromatic rings. The molecule has 5 heteroatoms. The summed E-state index contributed by atoms with van der Waals surface area (Å²) in [5.74, 6) is 0.793. The van der Waals surface area contributed by atoms with E-state index in [0.29, 0.717) is 12.6 Å². The predicted molar refractivity (Wildman–Crippen MR) is 90.6 cm³/mol. The van der Waals surface area contributed by atoms with Crippen molar-refractivity contribution in [3.8, 4) is 0 Å². The van der Waals surface area contributed by atoms with Gasteiger partial charge in [-0.1, -0.05) is 19.3 Å². The fraction of sp³-hybridized carbons (Fsp3) is 0.647. The third-order valence-corrected chi connectivity index (χ3v) is 6.22. The monoisotopic (exact) mass is 317 g/mol. The molecule has 2 N–H and O–H groups in total. The van der Waals surface area contributed by atoms with Crippen molar-refractivity contribution in [2.24, 2.45) is 0 Å². The van der Waals surface area contributed by atoms with E-state index in [4.69, 9.17) is 4.98 Å². The maximum absolute atomic E-state index is 12.5. The highest BCUT2D eigenvalue weighted by molar-refractivity contribution is 7.18. The molecule has 0 unspecified atom stereocenters. The molecule has 0 amide bonds. The summed E-state index contributed by atoms with van der Waals surface area (Å²) in [5, 5.41) is 4.43. The van der Waals surface area contributed by atoms with Crippen LogP contribution >= 0.6 is 11.3 Å². The maximum Gasteiger partial charge on any atom is 0.259 e. The number of aromatic amines is 1. The van der Waals surface area contributed by atoms with Crippen molar-refractivity contribution in [3.63, 3.8) is 0 Å². The average molecular weight is 317 g/mol. The van der Waals surface area contributed by atoms with Gasteiger partial charge in [-0.05, 0) is 44.1 Å². The zero-order valence-corrected chi connectivity index (χ0v) is 13.7. The number of rotatable bonds is 3. The quantitative estimate of drug-likeness (QED) is 0.913. The molecule has 4 nitrogen and oxygen atoms in total. The third kappa shape index (κ3) is 2.72. The standard InChI is InChI=1S/C17H23N3OS/c21-16-15-12-8-4-5-9-13(12)22-17(15)20-14(19-16)10-18-11-6-2-1-3-7-11/h11,18H,1-10H2,(H,19,20,21). The van der Waals surface area contributed by atoms with Crippen LogP contribution in [0.1, 0.15) is 61.2 Å². The number of hydrogen-bond acceptors (Lipinski definition) is 4. The molecule has 1 fully saturated rings. The lowest BCUT2D eigenvalue weighted by atomic mass is 9.95. The third-order valence-electron chi connectivity index (χ3n) is 5.04.